The summed E-state index contributed by atoms with van der Waals surface area (Å²) in [6.07, 6.45) is 1.76. The number of hydrogen-bond donors (Lipinski definition) is 1. The number of benzene rings is 1. The van der Waals surface area contributed by atoms with E-state index >= 15 is 0 Å². The zero-order chi connectivity index (χ0) is 16.3. The number of aryl methyl sites for hydroxylation is 2. The van der Waals surface area contributed by atoms with Crippen LogP contribution < -0.4 is 0 Å². The number of aromatic nitrogens is 2. The minimum atomic E-state index is -0.495. The number of hydrogen-bond acceptors (Lipinski definition) is 4. The van der Waals surface area contributed by atoms with Gasteiger partial charge in [-0.25, -0.2) is 4.98 Å². The molecule has 0 amide bonds. The first kappa shape index (κ1) is 16.5. The molecule has 2 unspecified atom stereocenters. The molecule has 5 nitrogen and oxygen atoms in total. The van der Waals surface area contributed by atoms with Crippen LogP contribution in [0.15, 0.2) is 18.5 Å². The zero-order valence-electron chi connectivity index (χ0n) is 13.7. The maximum absolute atomic E-state index is 10.3. The second-order valence-corrected chi connectivity index (χ2v) is 6.13. The van der Waals surface area contributed by atoms with Gasteiger partial charge in [-0.15, -0.1) is 0 Å². The van der Waals surface area contributed by atoms with Gasteiger partial charge in [0.05, 0.1) is 42.5 Å². The smallest absolute Gasteiger partial charge is 0.0959 e. The molecule has 2 rings (SSSR count). The Kier molecular flexibility index (Phi) is 5.17. The quantitative estimate of drug-likeness (QED) is 0.888. The van der Waals surface area contributed by atoms with E-state index in [0.29, 0.717) is 19.5 Å². The number of imidazole rings is 1. The summed E-state index contributed by atoms with van der Waals surface area (Å²) in [6.45, 7) is 7.19. The SMILES string of the molecule is Cc1cc2ncn(CC(O)CN(C)C(C)CC#N)c2cc1C. The summed E-state index contributed by atoms with van der Waals surface area (Å²) >= 11 is 0. The van der Waals surface area contributed by atoms with E-state index in [4.69, 9.17) is 5.26 Å². The van der Waals surface area contributed by atoms with E-state index in [2.05, 4.69) is 37.0 Å². The van der Waals surface area contributed by atoms with Crippen LogP contribution in [0.1, 0.15) is 24.5 Å². The van der Waals surface area contributed by atoms with E-state index in [1.54, 1.807) is 6.33 Å². The van der Waals surface area contributed by atoms with Crippen LogP contribution in [-0.2, 0) is 6.54 Å². The summed E-state index contributed by atoms with van der Waals surface area (Å²) in [5, 5.41) is 19.1. The van der Waals surface area contributed by atoms with Crippen LogP contribution in [0, 0.1) is 25.2 Å². The van der Waals surface area contributed by atoms with E-state index in [9.17, 15) is 5.11 Å². The molecule has 0 aliphatic rings. The van der Waals surface area contributed by atoms with E-state index < -0.39 is 6.10 Å². The van der Waals surface area contributed by atoms with Crippen molar-refractivity contribution in [1.29, 1.82) is 5.26 Å². The van der Waals surface area contributed by atoms with Crippen molar-refractivity contribution in [3.05, 3.63) is 29.6 Å². The third-order valence-corrected chi connectivity index (χ3v) is 4.28. The van der Waals surface area contributed by atoms with Crippen molar-refractivity contribution in [2.75, 3.05) is 13.6 Å². The van der Waals surface area contributed by atoms with E-state index in [1.807, 2.05) is 23.4 Å². The Bertz CT molecular complexity index is 686. The molecule has 1 aromatic carbocycles. The first-order valence-corrected chi connectivity index (χ1v) is 7.59. The number of aliphatic hydroxyl groups excluding tert-OH is 1. The van der Waals surface area contributed by atoms with Crippen molar-refractivity contribution in [2.45, 2.75) is 45.9 Å². The van der Waals surface area contributed by atoms with Gasteiger partial charge in [0.1, 0.15) is 0 Å². The lowest BCUT2D eigenvalue weighted by Gasteiger charge is -2.25. The van der Waals surface area contributed by atoms with Crippen molar-refractivity contribution in [1.82, 2.24) is 14.5 Å². The number of nitriles is 1. The van der Waals surface area contributed by atoms with Gasteiger partial charge in [-0.3, -0.25) is 0 Å². The highest BCUT2D eigenvalue weighted by atomic mass is 16.3. The van der Waals surface area contributed by atoms with E-state index in [0.717, 1.165) is 11.0 Å². The Labute approximate surface area is 131 Å². The molecule has 0 spiro atoms. The normalized spacial score (nSPS) is 14.2. The topological polar surface area (TPSA) is 65.1 Å². The summed E-state index contributed by atoms with van der Waals surface area (Å²) in [5.74, 6) is 0. The highest BCUT2D eigenvalue weighted by Crippen LogP contribution is 2.18. The van der Waals surface area contributed by atoms with Gasteiger partial charge < -0.3 is 14.6 Å². The van der Waals surface area contributed by atoms with E-state index in [1.165, 1.54) is 11.1 Å². The van der Waals surface area contributed by atoms with Gasteiger partial charge >= 0.3 is 0 Å². The lowest BCUT2D eigenvalue weighted by Crippen LogP contribution is -2.37. The Morgan fingerprint density at radius 1 is 1.36 bits per heavy atom. The van der Waals surface area contributed by atoms with Crippen molar-refractivity contribution in [3.63, 3.8) is 0 Å². The molecule has 22 heavy (non-hydrogen) atoms. The Hall–Kier alpha value is -1.90. The van der Waals surface area contributed by atoms with E-state index in [-0.39, 0.29) is 6.04 Å². The van der Waals surface area contributed by atoms with Gasteiger partial charge in [0.25, 0.3) is 0 Å². The molecule has 1 aromatic heterocycles. The number of likely N-dealkylation sites (N-methyl/N-ethyl adjacent to an activating group) is 1. The number of rotatable bonds is 6. The monoisotopic (exact) mass is 300 g/mol. The second-order valence-electron chi connectivity index (χ2n) is 6.13. The molecular formula is C17H24N4O. The highest BCUT2D eigenvalue weighted by molar-refractivity contribution is 5.77. The maximum atomic E-state index is 10.3. The summed E-state index contributed by atoms with van der Waals surface area (Å²) in [4.78, 5) is 6.43. The van der Waals surface area contributed by atoms with Gasteiger partial charge in [-0.2, -0.15) is 5.26 Å². The molecular weight excluding hydrogens is 276 g/mol. The molecule has 0 aliphatic carbocycles. The Morgan fingerprint density at radius 2 is 2.05 bits per heavy atom. The minimum Gasteiger partial charge on any atom is -0.390 e. The largest absolute Gasteiger partial charge is 0.390 e. The van der Waals surface area contributed by atoms with Gasteiger partial charge in [-0.1, -0.05) is 0 Å². The highest BCUT2D eigenvalue weighted by Gasteiger charge is 2.15. The Morgan fingerprint density at radius 3 is 2.73 bits per heavy atom. The van der Waals surface area contributed by atoms with Crippen molar-refractivity contribution >= 4 is 11.0 Å². The van der Waals surface area contributed by atoms with Crippen molar-refractivity contribution in [3.8, 4) is 6.07 Å². The molecule has 1 N–H and O–H groups in total. The van der Waals surface area contributed by atoms with Crippen LogP contribution in [-0.4, -0.2) is 45.3 Å². The fourth-order valence-electron chi connectivity index (χ4n) is 2.54. The Balaban J connectivity index is 2.07. The molecule has 2 atom stereocenters. The molecule has 0 aliphatic heterocycles. The van der Waals surface area contributed by atoms with Crippen LogP contribution in [0.3, 0.4) is 0 Å². The summed E-state index contributed by atoms with van der Waals surface area (Å²) in [7, 11) is 1.94. The minimum absolute atomic E-state index is 0.143. The molecule has 0 saturated heterocycles. The van der Waals surface area contributed by atoms with Crippen LogP contribution in [0.5, 0.6) is 0 Å². The van der Waals surface area contributed by atoms with Gasteiger partial charge in [0.2, 0.25) is 0 Å². The molecule has 2 aromatic rings. The summed E-state index contributed by atoms with van der Waals surface area (Å²) < 4.78 is 2.00. The average Bonchev–Trinajstić information content (AvgIpc) is 2.82. The van der Waals surface area contributed by atoms with Crippen LogP contribution in [0.4, 0.5) is 0 Å². The maximum Gasteiger partial charge on any atom is 0.0959 e. The summed E-state index contributed by atoms with van der Waals surface area (Å²) in [6, 6.07) is 6.50. The number of aliphatic hydroxyl groups is 1. The standard InChI is InChI=1S/C17H24N4O/c1-12-7-16-17(8-13(12)2)21(11-19-16)10-15(22)9-20(4)14(3)5-6-18/h7-8,11,14-15,22H,5,9-10H2,1-4H3. The molecule has 0 bridgehead atoms. The molecule has 1 heterocycles. The molecule has 0 saturated carbocycles. The number of nitrogens with zero attached hydrogens (tertiary/aromatic N) is 4. The molecule has 0 radical (unpaired) electrons. The summed E-state index contributed by atoms with van der Waals surface area (Å²) in [5.41, 5.74) is 4.46. The molecule has 118 valence electrons. The van der Waals surface area contributed by atoms with Crippen LogP contribution in [0.25, 0.3) is 11.0 Å². The van der Waals surface area contributed by atoms with Gasteiger partial charge in [0, 0.05) is 12.6 Å². The first-order chi connectivity index (χ1) is 10.4. The van der Waals surface area contributed by atoms with Crippen LogP contribution in [0.2, 0.25) is 0 Å². The second kappa shape index (κ2) is 6.91. The zero-order valence-corrected chi connectivity index (χ0v) is 13.7. The van der Waals surface area contributed by atoms with Crippen LogP contribution >= 0.6 is 0 Å². The lowest BCUT2D eigenvalue weighted by molar-refractivity contribution is 0.0956. The van der Waals surface area contributed by atoms with Gasteiger partial charge in [-0.05, 0) is 51.1 Å². The van der Waals surface area contributed by atoms with Gasteiger partial charge in [0.15, 0.2) is 0 Å². The fourth-order valence-corrected chi connectivity index (χ4v) is 2.54. The first-order valence-electron chi connectivity index (χ1n) is 7.59. The average molecular weight is 300 g/mol. The molecule has 5 heteroatoms. The molecule has 0 fully saturated rings. The lowest BCUT2D eigenvalue weighted by atomic mass is 10.1. The predicted molar refractivity (Wildman–Crippen MR) is 87.5 cm³/mol. The van der Waals surface area contributed by atoms with Crippen molar-refractivity contribution in [2.24, 2.45) is 0 Å². The third-order valence-electron chi connectivity index (χ3n) is 4.28. The third kappa shape index (κ3) is 3.65. The predicted octanol–water partition coefficient (Wildman–Crippen LogP) is 2.25. The van der Waals surface area contributed by atoms with Crippen molar-refractivity contribution < 1.29 is 5.11 Å². The number of fused-ring (bicyclic) bond motifs is 1. The fraction of sp³-hybridized carbons (Fsp3) is 0.529.